The Morgan fingerprint density at radius 1 is 1.17 bits per heavy atom. The highest BCUT2D eigenvalue weighted by Crippen LogP contribution is 2.32. The standard InChI is InChI=1S/C27H26N6O2/c1-35-26-12-19(6-8-29-26)25(34)10-17-9-21-22(15-31-27(21)30-13-17)18-4-5-23-24(11-18)33(16-32-23)20-3-2-7-28-14-20/h4-6,8-9,11-13,15-16,20,28H,2-3,7,10,14H2,1H3,(H,30,31). The Kier molecular flexibility index (Phi) is 5.50. The molecule has 5 heterocycles. The minimum Gasteiger partial charge on any atom is -0.481 e. The average Bonchev–Trinajstić information content (AvgIpc) is 3.53. The van der Waals surface area contributed by atoms with E-state index >= 15 is 0 Å². The van der Waals surface area contributed by atoms with Crippen LogP contribution in [0.2, 0.25) is 0 Å². The molecule has 5 aromatic rings. The number of nitrogens with one attached hydrogen (secondary N) is 2. The Morgan fingerprint density at radius 2 is 2.11 bits per heavy atom. The lowest BCUT2D eigenvalue weighted by Crippen LogP contribution is -2.31. The second-order valence-corrected chi connectivity index (χ2v) is 8.98. The highest BCUT2D eigenvalue weighted by atomic mass is 16.5. The lowest BCUT2D eigenvalue weighted by molar-refractivity contribution is 0.0992. The molecule has 8 heteroatoms. The fourth-order valence-electron chi connectivity index (χ4n) is 4.92. The summed E-state index contributed by atoms with van der Waals surface area (Å²) in [6, 6.07) is 12.2. The van der Waals surface area contributed by atoms with E-state index in [0.29, 0.717) is 17.5 Å². The predicted octanol–water partition coefficient (Wildman–Crippen LogP) is 4.33. The number of H-pyrrole nitrogens is 1. The molecule has 0 amide bonds. The van der Waals surface area contributed by atoms with E-state index in [1.54, 1.807) is 24.5 Å². The average molecular weight is 467 g/mol. The van der Waals surface area contributed by atoms with Crippen LogP contribution in [0.25, 0.3) is 33.2 Å². The van der Waals surface area contributed by atoms with Crippen molar-refractivity contribution >= 4 is 27.9 Å². The largest absolute Gasteiger partial charge is 0.481 e. The van der Waals surface area contributed by atoms with Gasteiger partial charge in [0.2, 0.25) is 5.88 Å². The smallest absolute Gasteiger partial charge is 0.213 e. The van der Waals surface area contributed by atoms with Gasteiger partial charge in [0.05, 0.1) is 24.5 Å². The summed E-state index contributed by atoms with van der Waals surface area (Å²) in [4.78, 5) is 29.5. The van der Waals surface area contributed by atoms with Crippen molar-refractivity contribution in [3.63, 3.8) is 0 Å². The normalized spacial score (nSPS) is 16.1. The number of hydrogen-bond acceptors (Lipinski definition) is 6. The number of ether oxygens (including phenoxy) is 1. The second kappa shape index (κ2) is 8.96. The van der Waals surface area contributed by atoms with Crippen LogP contribution in [-0.4, -0.2) is 50.5 Å². The van der Waals surface area contributed by atoms with Crippen LogP contribution >= 0.6 is 0 Å². The molecule has 1 aliphatic heterocycles. The minimum absolute atomic E-state index is 0.00431. The number of Topliss-reactive ketones (excluding diaryl/α,β-unsaturated/α-hetero) is 1. The molecule has 0 spiro atoms. The fourth-order valence-corrected chi connectivity index (χ4v) is 4.92. The predicted molar refractivity (Wildman–Crippen MR) is 135 cm³/mol. The van der Waals surface area contributed by atoms with Crippen molar-refractivity contribution in [1.82, 2.24) is 29.8 Å². The van der Waals surface area contributed by atoms with E-state index in [0.717, 1.165) is 58.3 Å². The van der Waals surface area contributed by atoms with E-state index in [2.05, 4.69) is 54.1 Å². The van der Waals surface area contributed by atoms with Gasteiger partial charge in [0.1, 0.15) is 5.65 Å². The minimum atomic E-state index is -0.00431. The van der Waals surface area contributed by atoms with Crippen LogP contribution in [-0.2, 0) is 6.42 Å². The van der Waals surface area contributed by atoms with Gasteiger partial charge in [-0.05, 0) is 54.8 Å². The number of fused-ring (bicyclic) bond motifs is 2. The molecule has 1 unspecified atom stereocenters. The van der Waals surface area contributed by atoms with Crippen LogP contribution < -0.4 is 10.1 Å². The molecule has 2 N–H and O–H groups in total. The molecule has 176 valence electrons. The van der Waals surface area contributed by atoms with Crippen molar-refractivity contribution in [2.24, 2.45) is 0 Å². The zero-order valence-corrected chi connectivity index (χ0v) is 19.5. The van der Waals surface area contributed by atoms with Crippen LogP contribution in [0.15, 0.2) is 61.3 Å². The van der Waals surface area contributed by atoms with E-state index < -0.39 is 0 Å². The topological polar surface area (TPSA) is 97.7 Å². The molecular formula is C27H26N6O2. The van der Waals surface area contributed by atoms with E-state index in [9.17, 15) is 4.79 Å². The van der Waals surface area contributed by atoms with Crippen LogP contribution in [0.4, 0.5) is 0 Å². The van der Waals surface area contributed by atoms with Crippen molar-refractivity contribution in [2.45, 2.75) is 25.3 Å². The third-order valence-corrected chi connectivity index (χ3v) is 6.77. The Balaban J connectivity index is 1.33. The first kappa shape index (κ1) is 21.5. The molecule has 1 saturated heterocycles. The Hall–Kier alpha value is -4.04. The summed E-state index contributed by atoms with van der Waals surface area (Å²) in [6.45, 7) is 2.05. The summed E-state index contributed by atoms with van der Waals surface area (Å²) in [5, 5.41) is 4.49. The van der Waals surface area contributed by atoms with Crippen molar-refractivity contribution in [3.8, 4) is 17.0 Å². The monoisotopic (exact) mass is 466 g/mol. The van der Waals surface area contributed by atoms with Gasteiger partial charge in [0.25, 0.3) is 0 Å². The summed E-state index contributed by atoms with van der Waals surface area (Å²) in [5.41, 5.74) is 6.52. The molecule has 0 bridgehead atoms. The van der Waals surface area contributed by atoms with Crippen molar-refractivity contribution in [2.75, 3.05) is 20.2 Å². The van der Waals surface area contributed by atoms with Crippen molar-refractivity contribution in [3.05, 3.63) is 72.4 Å². The molecule has 1 atom stereocenters. The lowest BCUT2D eigenvalue weighted by atomic mass is 10.0. The second-order valence-electron chi connectivity index (χ2n) is 8.98. The van der Waals surface area contributed by atoms with Gasteiger partial charge in [-0.25, -0.2) is 15.0 Å². The number of carbonyl (C=O) groups is 1. The van der Waals surface area contributed by atoms with Crippen LogP contribution in [0.5, 0.6) is 5.88 Å². The molecule has 4 aromatic heterocycles. The molecule has 0 saturated carbocycles. The molecule has 1 aromatic carbocycles. The van der Waals surface area contributed by atoms with Crippen LogP contribution in [0.1, 0.15) is 34.8 Å². The number of imidazole rings is 1. The van der Waals surface area contributed by atoms with Crippen molar-refractivity contribution in [1.29, 1.82) is 0 Å². The maximum atomic E-state index is 12.9. The maximum Gasteiger partial charge on any atom is 0.213 e. The fraction of sp³-hybridized carbons (Fsp3) is 0.259. The van der Waals surface area contributed by atoms with Gasteiger partial charge in [-0.15, -0.1) is 0 Å². The number of pyridine rings is 2. The quantitative estimate of drug-likeness (QED) is 0.362. The molecule has 0 radical (unpaired) electrons. The number of rotatable bonds is 6. The third kappa shape index (κ3) is 4.06. The number of ketones is 1. The summed E-state index contributed by atoms with van der Waals surface area (Å²) in [6.07, 6.45) is 9.87. The number of aromatic nitrogens is 5. The van der Waals surface area contributed by atoms with E-state index in [1.165, 1.54) is 13.5 Å². The molecule has 35 heavy (non-hydrogen) atoms. The van der Waals surface area contributed by atoms with E-state index in [1.807, 2.05) is 12.5 Å². The molecule has 1 fully saturated rings. The van der Waals surface area contributed by atoms with Gasteiger partial charge in [-0.2, -0.15) is 0 Å². The zero-order chi connectivity index (χ0) is 23.8. The molecule has 0 aliphatic carbocycles. The van der Waals surface area contributed by atoms with Crippen LogP contribution in [0.3, 0.4) is 0 Å². The number of methoxy groups -OCH3 is 1. The van der Waals surface area contributed by atoms with Gasteiger partial charge >= 0.3 is 0 Å². The van der Waals surface area contributed by atoms with Crippen LogP contribution in [0, 0.1) is 0 Å². The molecule has 1 aliphatic rings. The molecule has 8 nitrogen and oxygen atoms in total. The van der Waals surface area contributed by atoms with Crippen molar-refractivity contribution < 1.29 is 9.53 Å². The highest BCUT2D eigenvalue weighted by Gasteiger charge is 2.18. The van der Waals surface area contributed by atoms with Gasteiger partial charge in [0, 0.05) is 60.2 Å². The number of piperidine rings is 1. The number of nitrogens with zero attached hydrogens (tertiary/aromatic N) is 4. The van der Waals surface area contributed by atoms with Gasteiger partial charge in [-0.1, -0.05) is 6.07 Å². The number of carbonyl (C=O) groups excluding carboxylic acids is 1. The molecular weight excluding hydrogens is 440 g/mol. The lowest BCUT2D eigenvalue weighted by Gasteiger charge is -2.24. The Morgan fingerprint density at radius 3 is 2.97 bits per heavy atom. The van der Waals surface area contributed by atoms with Gasteiger partial charge < -0.3 is 19.6 Å². The summed E-state index contributed by atoms with van der Waals surface area (Å²) < 4.78 is 7.45. The molecule has 6 rings (SSSR count). The first-order valence-electron chi connectivity index (χ1n) is 11.9. The van der Waals surface area contributed by atoms with E-state index in [-0.39, 0.29) is 12.2 Å². The van der Waals surface area contributed by atoms with Gasteiger partial charge in [-0.3, -0.25) is 4.79 Å². The SMILES string of the molecule is COc1cc(C(=O)Cc2cnc3[nH]cc(-c4ccc5ncn(C6CCCNC6)c5c4)c3c2)ccn1. The Labute approximate surface area is 202 Å². The first-order chi connectivity index (χ1) is 17.2. The maximum absolute atomic E-state index is 12.9. The summed E-state index contributed by atoms with van der Waals surface area (Å²) in [7, 11) is 1.54. The number of benzene rings is 1. The summed E-state index contributed by atoms with van der Waals surface area (Å²) >= 11 is 0. The summed E-state index contributed by atoms with van der Waals surface area (Å²) in [5.74, 6) is 0.423. The number of hydrogen-bond donors (Lipinski definition) is 2. The first-order valence-corrected chi connectivity index (χ1v) is 11.9. The highest BCUT2D eigenvalue weighted by molar-refractivity contribution is 5.99. The van der Waals surface area contributed by atoms with Gasteiger partial charge in [0.15, 0.2) is 5.78 Å². The van der Waals surface area contributed by atoms with E-state index in [4.69, 9.17) is 4.74 Å². The zero-order valence-electron chi connectivity index (χ0n) is 19.5. The number of aromatic amines is 1. The Bertz CT molecular complexity index is 1530. The third-order valence-electron chi connectivity index (χ3n) is 6.77.